The first kappa shape index (κ1) is 15.4. The number of non-ortho nitro benzene ring substituents is 1. The number of ether oxygens (including phenoxy) is 1. The SMILES string of the molecule is COc1ccccc1CC(=O)Nc1cc([N+](=O)[O-])ccc1F. The van der Waals surface area contributed by atoms with Crippen LogP contribution in [0.3, 0.4) is 0 Å². The van der Waals surface area contributed by atoms with Gasteiger partial charge in [0.15, 0.2) is 0 Å². The molecule has 0 heterocycles. The molecule has 0 aliphatic carbocycles. The van der Waals surface area contributed by atoms with Gasteiger partial charge in [0.1, 0.15) is 11.6 Å². The van der Waals surface area contributed by atoms with Gasteiger partial charge in [0.25, 0.3) is 5.69 Å². The first-order chi connectivity index (χ1) is 10.5. The summed E-state index contributed by atoms with van der Waals surface area (Å²) in [6, 6.07) is 9.88. The van der Waals surface area contributed by atoms with Gasteiger partial charge in [-0.3, -0.25) is 14.9 Å². The van der Waals surface area contributed by atoms with E-state index >= 15 is 0 Å². The summed E-state index contributed by atoms with van der Waals surface area (Å²) in [6.07, 6.45) is -0.0356. The lowest BCUT2D eigenvalue weighted by Gasteiger charge is -2.09. The number of hydrogen-bond acceptors (Lipinski definition) is 4. The van der Waals surface area contributed by atoms with Crippen LogP contribution < -0.4 is 10.1 Å². The molecule has 0 aliphatic heterocycles. The van der Waals surface area contributed by atoms with Crippen molar-refractivity contribution in [3.63, 3.8) is 0 Å². The Labute approximate surface area is 125 Å². The van der Waals surface area contributed by atoms with Crippen molar-refractivity contribution in [1.82, 2.24) is 0 Å². The Hall–Kier alpha value is -2.96. The Bertz CT molecular complexity index is 718. The average molecular weight is 304 g/mol. The van der Waals surface area contributed by atoms with Gasteiger partial charge in [-0.15, -0.1) is 0 Å². The molecule has 2 aromatic rings. The second-order valence-corrected chi connectivity index (χ2v) is 4.46. The highest BCUT2D eigenvalue weighted by atomic mass is 19.1. The van der Waals surface area contributed by atoms with Crippen molar-refractivity contribution in [2.75, 3.05) is 12.4 Å². The molecule has 114 valence electrons. The summed E-state index contributed by atoms with van der Waals surface area (Å²) in [5.74, 6) is -0.694. The van der Waals surface area contributed by atoms with E-state index in [-0.39, 0.29) is 17.8 Å². The first-order valence-electron chi connectivity index (χ1n) is 6.37. The molecule has 0 radical (unpaired) electrons. The minimum absolute atomic E-state index is 0.0356. The van der Waals surface area contributed by atoms with Gasteiger partial charge in [0, 0.05) is 17.7 Å². The fourth-order valence-electron chi connectivity index (χ4n) is 1.94. The lowest BCUT2D eigenvalue weighted by Crippen LogP contribution is -2.16. The average Bonchev–Trinajstić information content (AvgIpc) is 2.49. The predicted molar refractivity (Wildman–Crippen MR) is 78.4 cm³/mol. The normalized spacial score (nSPS) is 10.1. The third-order valence-electron chi connectivity index (χ3n) is 2.98. The van der Waals surface area contributed by atoms with Crippen molar-refractivity contribution >= 4 is 17.3 Å². The summed E-state index contributed by atoms with van der Waals surface area (Å²) in [4.78, 5) is 22.0. The van der Waals surface area contributed by atoms with Gasteiger partial charge in [-0.1, -0.05) is 18.2 Å². The number of para-hydroxylation sites is 1. The van der Waals surface area contributed by atoms with Crippen LogP contribution in [0.2, 0.25) is 0 Å². The number of rotatable bonds is 5. The van der Waals surface area contributed by atoms with Crippen molar-refractivity contribution in [3.05, 3.63) is 64.0 Å². The van der Waals surface area contributed by atoms with Crippen molar-refractivity contribution in [2.45, 2.75) is 6.42 Å². The maximum Gasteiger partial charge on any atom is 0.271 e. The fourth-order valence-corrected chi connectivity index (χ4v) is 1.94. The minimum Gasteiger partial charge on any atom is -0.496 e. The van der Waals surface area contributed by atoms with Crippen LogP contribution >= 0.6 is 0 Å². The number of anilines is 1. The van der Waals surface area contributed by atoms with E-state index in [0.29, 0.717) is 11.3 Å². The number of carbonyl (C=O) groups is 1. The van der Waals surface area contributed by atoms with E-state index in [4.69, 9.17) is 4.74 Å². The molecule has 0 spiro atoms. The van der Waals surface area contributed by atoms with E-state index in [1.165, 1.54) is 7.11 Å². The fraction of sp³-hybridized carbons (Fsp3) is 0.133. The van der Waals surface area contributed by atoms with Gasteiger partial charge in [0.2, 0.25) is 5.91 Å². The lowest BCUT2D eigenvalue weighted by atomic mass is 10.1. The number of carbonyl (C=O) groups excluding carboxylic acids is 1. The number of hydrogen-bond donors (Lipinski definition) is 1. The number of methoxy groups -OCH3 is 1. The molecule has 0 atom stereocenters. The number of nitro benzene ring substituents is 1. The highest BCUT2D eigenvalue weighted by Gasteiger charge is 2.14. The molecule has 6 nitrogen and oxygen atoms in total. The summed E-state index contributed by atoms with van der Waals surface area (Å²) < 4.78 is 18.7. The molecule has 2 rings (SSSR count). The third-order valence-corrected chi connectivity index (χ3v) is 2.98. The molecular formula is C15H13FN2O4. The van der Waals surface area contributed by atoms with Gasteiger partial charge < -0.3 is 10.1 Å². The zero-order valence-electron chi connectivity index (χ0n) is 11.7. The van der Waals surface area contributed by atoms with E-state index in [1.807, 2.05) is 0 Å². The summed E-state index contributed by atoms with van der Waals surface area (Å²) in [5, 5.41) is 13.0. The zero-order chi connectivity index (χ0) is 16.1. The Kier molecular flexibility index (Phi) is 4.67. The maximum absolute atomic E-state index is 13.6. The molecule has 7 heteroatoms. The Morgan fingerprint density at radius 3 is 2.73 bits per heavy atom. The van der Waals surface area contributed by atoms with E-state index in [2.05, 4.69) is 5.32 Å². The standard InChI is InChI=1S/C15H13FN2O4/c1-22-14-5-3-2-4-10(14)8-15(19)17-13-9-11(18(20)21)6-7-12(13)16/h2-7,9H,8H2,1H3,(H,17,19). The molecule has 1 amide bonds. The van der Waals surface area contributed by atoms with E-state index in [1.54, 1.807) is 24.3 Å². The van der Waals surface area contributed by atoms with Gasteiger partial charge >= 0.3 is 0 Å². The summed E-state index contributed by atoms with van der Waals surface area (Å²) in [5.41, 5.74) is 0.108. The van der Waals surface area contributed by atoms with Crippen molar-refractivity contribution < 1.29 is 18.8 Å². The molecule has 0 aliphatic rings. The smallest absolute Gasteiger partial charge is 0.271 e. The van der Waals surface area contributed by atoms with Crippen molar-refractivity contribution in [2.24, 2.45) is 0 Å². The zero-order valence-corrected chi connectivity index (χ0v) is 11.7. The van der Waals surface area contributed by atoms with Crippen LogP contribution in [-0.4, -0.2) is 17.9 Å². The van der Waals surface area contributed by atoms with Crippen LogP contribution in [0.5, 0.6) is 5.75 Å². The summed E-state index contributed by atoms with van der Waals surface area (Å²) in [6.45, 7) is 0. The lowest BCUT2D eigenvalue weighted by molar-refractivity contribution is -0.384. The first-order valence-corrected chi connectivity index (χ1v) is 6.37. The second kappa shape index (κ2) is 6.66. The van der Waals surface area contributed by atoms with Crippen molar-refractivity contribution in [3.8, 4) is 5.75 Å². The summed E-state index contributed by atoms with van der Waals surface area (Å²) >= 11 is 0. The number of halogens is 1. The van der Waals surface area contributed by atoms with Crippen LogP contribution in [0.1, 0.15) is 5.56 Å². The van der Waals surface area contributed by atoms with Crippen LogP contribution in [0.25, 0.3) is 0 Å². The summed E-state index contributed by atoms with van der Waals surface area (Å²) in [7, 11) is 1.48. The van der Waals surface area contributed by atoms with Gasteiger partial charge in [-0.05, 0) is 12.1 Å². The number of nitro groups is 1. The highest BCUT2D eigenvalue weighted by Crippen LogP contribution is 2.22. The topological polar surface area (TPSA) is 81.5 Å². The van der Waals surface area contributed by atoms with E-state index < -0.39 is 16.6 Å². The quantitative estimate of drug-likeness (QED) is 0.680. The molecule has 0 fully saturated rings. The number of nitrogens with zero attached hydrogens (tertiary/aromatic N) is 1. The molecule has 0 unspecified atom stereocenters. The van der Waals surface area contributed by atoms with E-state index in [9.17, 15) is 19.3 Å². The predicted octanol–water partition coefficient (Wildman–Crippen LogP) is 2.92. The third kappa shape index (κ3) is 3.57. The second-order valence-electron chi connectivity index (χ2n) is 4.46. The van der Waals surface area contributed by atoms with Crippen LogP contribution in [0.4, 0.5) is 15.8 Å². The number of amides is 1. The van der Waals surface area contributed by atoms with Gasteiger partial charge in [0.05, 0.1) is 24.1 Å². The highest BCUT2D eigenvalue weighted by molar-refractivity contribution is 5.93. The Morgan fingerprint density at radius 2 is 2.05 bits per heavy atom. The number of benzene rings is 2. The molecule has 1 N–H and O–H groups in total. The van der Waals surface area contributed by atoms with E-state index in [0.717, 1.165) is 18.2 Å². The maximum atomic E-state index is 13.6. The Balaban J connectivity index is 2.15. The monoisotopic (exact) mass is 304 g/mol. The van der Waals surface area contributed by atoms with Crippen molar-refractivity contribution in [1.29, 1.82) is 0 Å². The van der Waals surface area contributed by atoms with Gasteiger partial charge in [-0.25, -0.2) is 4.39 Å². The molecule has 22 heavy (non-hydrogen) atoms. The Morgan fingerprint density at radius 1 is 1.32 bits per heavy atom. The van der Waals surface area contributed by atoms with Crippen LogP contribution in [-0.2, 0) is 11.2 Å². The van der Waals surface area contributed by atoms with Crippen LogP contribution in [0.15, 0.2) is 42.5 Å². The largest absolute Gasteiger partial charge is 0.496 e. The molecule has 0 saturated carbocycles. The molecule has 0 bridgehead atoms. The molecule has 0 aromatic heterocycles. The molecule has 2 aromatic carbocycles. The minimum atomic E-state index is -0.737. The molecule has 0 saturated heterocycles. The van der Waals surface area contributed by atoms with Crippen LogP contribution in [0, 0.1) is 15.9 Å². The molecular weight excluding hydrogens is 291 g/mol. The van der Waals surface area contributed by atoms with Gasteiger partial charge in [-0.2, -0.15) is 0 Å². The number of nitrogens with one attached hydrogen (secondary N) is 1.